The molecular formula is C24H19BrCl2N2O4. The molecule has 170 valence electrons. The maximum Gasteiger partial charge on any atom is 0.344 e. The molecule has 0 aliphatic carbocycles. The molecule has 33 heavy (non-hydrogen) atoms. The van der Waals surface area contributed by atoms with Crippen LogP contribution in [-0.2, 0) is 4.79 Å². The number of halogens is 3. The molecule has 0 aliphatic heterocycles. The SMILES string of the molecule is O=C(CCCOc1ccc(Cl)cc1Cl)NN=Cc1cccc(OC(=O)c2ccccc2Br)c1. The van der Waals surface area contributed by atoms with E-state index in [1.807, 2.05) is 6.07 Å². The first-order valence-electron chi connectivity index (χ1n) is 9.89. The van der Waals surface area contributed by atoms with Crippen LogP contribution in [0.25, 0.3) is 0 Å². The largest absolute Gasteiger partial charge is 0.492 e. The molecule has 0 aliphatic rings. The van der Waals surface area contributed by atoms with Crippen LogP contribution in [0.3, 0.4) is 0 Å². The van der Waals surface area contributed by atoms with Gasteiger partial charge in [-0.3, -0.25) is 4.79 Å². The van der Waals surface area contributed by atoms with E-state index in [2.05, 4.69) is 26.5 Å². The molecule has 0 atom stereocenters. The van der Waals surface area contributed by atoms with E-state index in [0.717, 1.165) is 0 Å². The highest BCUT2D eigenvalue weighted by Crippen LogP contribution is 2.27. The fourth-order valence-corrected chi connectivity index (χ4v) is 3.60. The second-order valence-corrected chi connectivity index (χ2v) is 8.46. The summed E-state index contributed by atoms with van der Waals surface area (Å²) in [6, 6.07) is 18.8. The van der Waals surface area contributed by atoms with Gasteiger partial charge in [-0.05, 0) is 70.4 Å². The van der Waals surface area contributed by atoms with Crippen molar-refractivity contribution in [3.8, 4) is 11.5 Å². The van der Waals surface area contributed by atoms with Crippen molar-refractivity contribution in [2.45, 2.75) is 12.8 Å². The number of hydrazone groups is 1. The Hall–Kier alpha value is -2.87. The predicted molar refractivity (Wildman–Crippen MR) is 132 cm³/mol. The first-order chi connectivity index (χ1) is 15.9. The van der Waals surface area contributed by atoms with Crippen molar-refractivity contribution in [3.63, 3.8) is 0 Å². The van der Waals surface area contributed by atoms with E-state index >= 15 is 0 Å². The Balaban J connectivity index is 1.43. The molecule has 0 spiro atoms. The maximum absolute atomic E-state index is 12.3. The zero-order valence-corrected chi connectivity index (χ0v) is 20.4. The Morgan fingerprint density at radius 3 is 2.64 bits per heavy atom. The van der Waals surface area contributed by atoms with E-state index in [9.17, 15) is 9.59 Å². The number of esters is 1. The zero-order chi connectivity index (χ0) is 23.6. The molecule has 0 fully saturated rings. The van der Waals surface area contributed by atoms with Gasteiger partial charge < -0.3 is 9.47 Å². The molecule has 3 rings (SSSR count). The highest BCUT2D eigenvalue weighted by molar-refractivity contribution is 9.10. The first kappa shape index (κ1) is 24.8. The van der Waals surface area contributed by atoms with Gasteiger partial charge in [0.15, 0.2) is 0 Å². The minimum Gasteiger partial charge on any atom is -0.492 e. The third-order valence-electron chi connectivity index (χ3n) is 4.26. The molecule has 0 bridgehead atoms. The van der Waals surface area contributed by atoms with E-state index in [4.69, 9.17) is 32.7 Å². The van der Waals surface area contributed by atoms with Crippen LogP contribution in [0.4, 0.5) is 0 Å². The molecule has 6 nitrogen and oxygen atoms in total. The van der Waals surface area contributed by atoms with Crippen molar-refractivity contribution in [1.29, 1.82) is 0 Å². The normalized spacial score (nSPS) is 10.8. The molecule has 0 unspecified atom stereocenters. The second-order valence-electron chi connectivity index (χ2n) is 6.76. The molecular weight excluding hydrogens is 531 g/mol. The minimum absolute atomic E-state index is 0.228. The zero-order valence-electron chi connectivity index (χ0n) is 17.3. The number of amides is 1. The lowest BCUT2D eigenvalue weighted by Gasteiger charge is -2.07. The summed E-state index contributed by atoms with van der Waals surface area (Å²) >= 11 is 15.2. The highest BCUT2D eigenvalue weighted by atomic mass is 79.9. The lowest BCUT2D eigenvalue weighted by atomic mass is 10.2. The van der Waals surface area contributed by atoms with Gasteiger partial charge in [-0.25, -0.2) is 10.2 Å². The molecule has 3 aromatic carbocycles. The lowest BCUT2D eigenvalue weighted by molar-refractivity contribution is -0.121. The van der Waals surface area contributed by atoms with Gasteiger partial charge in [-0.1, -0.05) is 47.5 Å². The Bertz CT molecular complexity index is 1170. The molecule has 0 radical (unpaired) electrons. The number of rotatable bonds is 9. The van der Waals surface area contributed by atoms with Gasteiger partial charge in [-0.15, -0.1) is 0 Å². The van der Waals surface area contributed by atoms with Gasteiger partial charge in [0.05, 0.1) is 23.4 Å². The first-order valence-corrected chi connectivity index (χ1v) is 11.4. The molecule has 0 saturated heterocycles. The van der Waals surface area contributed by atoms with E-state index in [0.29, 0.717) is 50.2 Å². The molecule has 9 heteroatoms. The summed E-state index contributed by atoms with van der Waals surface area (Å²) in [5.74, 6) is 0.143. The second kappa shape index (κ2) is 12.4. The summed E-state index contributed by atoms with van der Waals surface area (Å²) in [4.78, 5) is 24.3. The number of hydrogen-bond acceptors (Lipinski definition) is 5. The lowest BCUT2D eigenvalue weighted by Crippen LogP contribution is -2.18. The number of ether oxygens (including phenoxy) is 2. The summed E-state index contributed by atoms with van der Waals surface area (Å²) in [5.41, 5.74) is 3.54. The van der Waals surface area contributed by atoms with Gasteiger partial charge >= 0.3 is 5.97 Å². The fourth-order valence-electron chi connectivity index (χ4n) is 2.69. The van der Waals surface area contributed by atoms with E-state index < -0.39 is 5.97 Å². The molecule has 0 aromatic heterocycles. The van der Waals surface area contributed by atoms with Gasteiger partial charge in [-0.2, -0.15) is 5.10 Å². The fraction of sp³-hybridized carbons (Fsp3) is 0.125. The molecule has 0 saturated carbocycles. The third kappa shape index (κ3) is 7.89. The maximum atomic E-state index is 12.3. The topological polar surface area (TPSA) is 77.0 Å². The van der Waals surface area contributed by atoms with Crippen LogP contribution in [0.1, 0.15) is 28.8 Å². The van der Waals surface area contributed by atoms with Crippen LogP contribution in [-0.4, -0.2) is 24.7 Å². The third-order valence-corrected chi connectivity index (χ3v) is 5.49. The number of carbonyl (C=O) groups is 2. The quantitative estimate of drug-likeness (QED) is 0.112. The van der Waals surface area contributed by atoms with Crippen molar-refractivity contribution < 1.29 is 19.1 Å². The van der Waals surface area contributed by atoms with Gasteiger partial charge in [0.25, 0.3) is 0 Å². The summed E-state index contributed by atoms with van der Waals surface area (Å²) in [7, 11) is 0. The standard InChI is InChI=1S/C24H19BrCl2N2O4/c25-20-8-2-1-7-19(20)24(31)33-18-6-3-5-16(13-18)15-28-29-23(30)9-4-12-32-22-11-10-17(26)14-21(22)27/h1-3,5-8,10-11,13-15H,4,9,12H2,(H,29,30). The Labute approximate surface area is 209 Å². The summed E-state index contributed by atoms with van der Waals surface area (Å²) < 4.78 is 11.6. The number of hydrogen-bond donors (Lipinski definition) is 1. The van der Waals surface area contributed by atoms with E-state index in [1.54, 1.807) is 60.7 Å². The molecule has 1 N–H and O–H groups in total. The van der Waals surface area contributed by atoms with Crippen molar-refractivity contribution >= 4 is 57.2 Å². The molecule has 1 amide bonds. The van der Waals surface area contributed by atoms with Crippen LogP contribution >= 0.6 is 39.1 Å². The number of nitrogens with one attached hydrogen (secondary N) is 1. The molecule has 3 aromatic rings. The number of carbonyl (C=O) groups excluding carboxylic acids is 2. The number of nitrogens with zero attached hydrogens (tertiary/aromatic N) is 1. The van der Waals surface area contributed by atoms with Crippen LogP contribution in [0.5, 0.6) is 11.5 Å². The summed E-state index contributed by atoms with van der Waals surface area (Å²) in [5, 5.41) is 4.89. The van der Waals surface area contributed by atoms with Crippen molar-refractivity contribution in [3.05, 3.63) is 92.4 Å². The van der Waals surface area contributed by atoms with Gasteiger partial charge in [0, 0.05) is 15.9 Å². The monoisotopic (exact) mass is 548 g/mol. The Kier molecular flexibility index (Phi) is 9.30. The smallest absolute Gasteiger partial charge is 0.344 e. The average Bonchev–Trinajstić information content (AvgIpc) is 2.78. The summed E-state index contributed by atoms with van der Waals surface area (Å²) in [6.07, 6.45) is 2.19. The minimum atomic E-state index is -0.480. The van der Waals surface area contributed by atoms with Crippen molar-refractivity contribution in [1.82, 2.24) is 5.43 Å². The van der Waals surface area contributed by atoms with Crippen molar-refractivity contribution in [2.75, 3.05) is 6.61 Å². The Morgan fingerprint density at radius 1 is 1.03 bits per heavy atom. The molecule has 0 heterocycles. The van der Waals surface area contributed by atoms with Crippen LogP contribution in [0.2, 0.25) is 10.0 Å². The van der Waals surface area contributed by atoms with E-state index in [1.165, 1.54) is 6.21 Å². The van der Waals surface area contributed by atoms with Gasteiger partial charge in [0.1, 0.15) is 11.5 Å². The number of benzene rings is 3. The van der Waals surface area contributed by atoms with Crippen molar-refractivity contribution in [2.24, 2.45) is 5.10 Å². The van der Waals surface area contributed by atoms with Crippen LogP contribution in [0, 0.1) is 0 Å². The van der Waals surface area contributed by atoms with Crippen LogP contribution < -0.4 is 14.9 Å². The highest BCUT2D eigenvalue weighted by Gasteiger charge is 2.12. The summed E-state index contributed by atoms with van der Waals surface area (Å²) in [6.45, 7) is 0.323. The Morgan fingerprint density at radius 2 is 1.85 bits per heavy atom. The predicted octanol–water partition coefficient (Wildman–Crippen LogP) is 6.28. The van der Waals surface area contributed by atoms with Gasteiger partial charge in [0.2, 0.25) is 5.91 Å². The average molecular weight is 550 g/mol. The van der Waals surface area contributed by atoms with E-state index in [-0.39, 0.29) is 12.3 Å². The van der Waals surface area contributed by atoms with Crippen LogP contribution in [0.15, 0.2) is 76.3 Å².